The van der Waals surface area contributed by atoms with Crippen LogP contribution in [0.15, 0.2) is 48.8 Å². The molecule has 0 unspecified atom stereocenters. The van der Waals surface area contributed by atoms with Gasteiger partial charge in [0.05, 0.1) is 34.3 Å². The summed E-state index contributed by atoms with van der Waals surface area (Å²) in [5.41, 5.74) is 7.47. The number of piperazine rings is 1. The molecule has 0 spiro atoms. The van der Waals surface area contributed by atoms with Crippen LogP contribution in [0.4, 0.5) is 11.4 Å². The van der Waals surface area contributed by atoms with Crippen LogP contribution in [0.5, 0.6) is 0 Å². The first-order chi connectivity index (χ1) is 18.6. The van der Waals surface area contributed by atoms with Crippen LogP contribution in [0.1, 0.15) is 26.2 Å². The molecule has 4 aromatic heterocycles. The first-order valence-corrected chi connectivity index (χ1v) is 13.1. The summed E-state index contributed by atoms with van der Waals surface area (Å²) in [6.45, 7) is 6.07. The molecule has 10 heteroatoms. The molecule has 5 aromatic rings. The largest absolute Gasteiger partial charge is 0.367 e. The number of carbonyl (C=O) groups excluding carboxylic acids is 1. The standard InChI is InChI=1S/C28H31N9O/c1-3-4-8-24(38)30-19-15-18(16-29-17-19)20-9-10-22-26(31-20)27(35-34-22)28-32-21-6-5-7-23(25(21)33-28)37-13-11-36(2)12-14-37/h5-7,9-10,15-17H,3-4,8,11-14H2,1-2H3,(H,30,38)(H,32,33)(H,34,35). The third kappa shape index (κ3) is 4.70. The number of rotatable bonds is 7. The Labute approximate surface area is 220 Å². The van der Waals surface area contributed by atoms with Gasteiger partial charge in [0.1, 0.15) is 11.0 Å². The van der Waals surface area contributed by atoms with Gasteiger partial charge in [-0.2, -0.15) is 5.10 Å². The van der Waals surface area contributed by atoms with E-state index < -0.39 is 0 Å². The lowest BCUT2D eigenvalue weighted by molar-refractivity contribution is -0.116. The number of fused-ring (bicyclic) bond motifs is 2. The normalized spacial score (nSPS) is 14.4. The van der Waals surface area contributed by atoms with Crippen molar-refractivity contribution in [3.05, 3.63) is 48.8 Å². The van der Waals surface area contributed by atoms with E-state index >= 15 is 0 Å². The predicted octanol–water partition coefficient (Wildman–Crippen LogP) is 4.44. The topological polar surface area (TPSA) is 119 Å². The van der Waals surface area contributed by atoms with Crippen molar-refractivity contribution < 1.29 is 4.79 Å². The van der Waals surface area contributed by atoms with Crippen molar-refractivity contribution in [2.24, 2.45) is 0 Å². The number of hydrogen-bond donors (Lipinski definition) is 3. The molecule has 3 N–H and O–H groups in total. The number of imidazole rings is 1. The number of nitrogens with one attached hydrogen (secondary N) is 3. The summed E-state index contributed by atoms with van der Waals surface area (Å²) in [6.07, 6.45) is 5.74. The molecule has 1 aliphatic rings. The van der Waals surface area contributed by atoms with Gasteiger partial charge in [0, 0.05) is 44.4 Å². The minimum Gasteiger partial charge on any atom is -0.367 e. The highest BCUT2D eigenvalue weighted by Gasteiger charge is 2.20. The van der Waals surface area contributed by atoms with E-state index in [1.807, 2.05) is 24.3 Å². The maximum atomic E-state index is 12.2. The van der Waals surface area contributed by atoms with Gasteiger partial charge in [-0.15, -0.1) is 0 Å². The van der Waals surface area contributed by atoms with E-state index in [-0.39, 0.29) is 5.91 Å². The zero-order valence-corrected chi connectivity index (χ0v) is 21.7. The van der Waals surface area contributed by atoms with E-state index in [2.05, 4.69) is 61.4 Å². The van der Waals surface area contributed by atoms with Gasteiger partial charge in [-0.05, 0) is 43.8 Å². The monoisotopic (exact) mass is 509 g/mol. The third-order valence-electron chi connectivity index (χ3n) is 7.04. The highest BCUT2D eigenvalue weighted by Crippen LogP contribution is 2.31. The van der Waals surface area contributed by atoms with Crippen LogP contribution in [0.2, 0.25) is 0 Å². The quantitative estimate of drug-likeness (QED) is 0.297. The Balaban J connectivity index is 1.33. The maximum absolute atomic E-state index is 12.2. The summed E-state index contributed by atoms with van der Waals surface area (Å²) in [6, 6.07) is 12.0. The van der Waals surface area contributed by atoms with E-state index in [0.29, 0.717) is 23.6 Å². The van der Waals surface area contributed by atoms with Crippen molar-refractivity contribution in [2.45, 2.75) is 26.2 Å². The summed E-state index contributed by atoms with van der Waals surface area (Å²) in [4.78, 5) is 34.6. The van der Waals surface area contributed by atoms with Crippen LogP contribution in [-0.4, -0.2) is 74.2 Å². The molecule has 1 saturated heterocycles. The number of aromatic nitrogens is 6. The smallest absolute Gasteiger partial charge is 0.224 e. The minimum atomic E-state index is -0.00726. The van der Waals surface area contributed by atoms with Gasteiger partial charge >= 0.3 is 0 Å². The molecule has 5 heterocycles. The average molecular weight is 510 g/mol. The highest BCUT2D eigenvalue weighted by atomic mass is 16.1. The Bertz CT molecular complexity index is 1600. The second-order valence-electron chi connectivity index (χ2n) is 9.83. The molecule has 1 fully saturated rings. The molecule has 0 bridgehead atoms. The lowest BCUT2D eigenvalue weighted by atomic mass is 10.1. The van der Waals surface area contributed by atoms with Crippen molar-refractivity contribution in [3.63, 3.8) is 0 Å². The molecule has 1 aromatic carbocycles. The number of hydrogen-bond acceptors (Lipinski definition) is 7. The molecule has 1 amide bonds. The Morgan fingerprint density at radius 2 is 1.89 bits per heavy atom. The molecule has 1 aliphatic heterocycles. The van der Waals surface area contributed by atoms with Crippen molar-refractivity contribution in [2.75, 3.05) is 43.4 Å². The molecule has 6 rings (SSSR count). The Hall–Kier alpha value is -4.31. The van der Waals surface area contributed by atoms with Crippen LogP contribution in [0.3, 0.4) is 0 Å². The van der Waals surface area contributed by atoms with Crippen LogP contribution >= 0.6 is 0 Å². The number of nitrogens with zero attached hydrogens (tertiary/aromatic N) is 6. The van der Waals surface area contributed by atoms with E-state index in [1.165, 1.54) is 0 Å². The number of unbranched alkanes of at least 4 members (excludes halogenated alkanes) is 1. The van der Waals surface area contributed by atoms with Gasteiger partial charge in [0.25, 0.3) is 0 Å². The van der Waals surface area contributed by atoms with Crippen molar-refractivity contribution in [1.29, 1.82) is 0 Å². The van der Waals surface area contributed by atoms with E-state index in [0.717, 1.165) is 78.0 Å². The number of H-pyrrole nitrogens is 2. The summed E-state index contributed by atoms with van der Waals surface area (Å²) < 4.78 is 0. The second kappa shape index (κ2) is 10.2. The maximum Gasteiger partial charge on any atom is 0.224 e. The number of carbonyl (C=O) groups is 1. The number of amides is 1. The fourth-order valence-corrected chi connectivity index (χ4v) is 4.87. The summed E-state index contributed by atoms with van der Waals surface area (Å²) in [5, 5.41) is 10.6. The number of anilines is 2. The number of likely N-dealkylation sites (N-methyl/N-ethyl adjacent to an activating group) is 1. The Morgan fingerprint density at radius 1 is 1.03 bits per heavy atom. The van der Waals surface area contributed by atoms with Crippen LogP contribution in [0.25, 0.3) is 44.8 Å². The molecular formula is C28H31N9O. The number of aromatic amines is 2. The Kier molecular flexibility index (Phi) is 6.47. The zero-order chi connectivity index (χ0) is 26.1. The Morgan fingerprint density at radius 3 is 2.74 bits per heavy atom. The third-order valence-corrected chi connectivity index (χ3v) is 7.04. The van der Waals surface area contributed by atoms with Gasteiger partial charge in [-0.25, -0.2) is 9.97 Å². The fraction of sp³-hybridized carbons (Fsp3) is 0.321. The summed E-state index contributed by atoms with van der Waals surface area (Å²) in [5.74, 6) is 0.666. The molecule has 194 valence electrons. The number of para-hydroxylation sites is 1. The lowest BCUT2D eigenvalue weighted by Gasteiger charge is -2.34. The first-order valence-electron chi connectivity index (χ1n) is 13.1. The number of pyridine rings is 2. The van der Waals surface area contributed by atoms with Crippen molar-refractivity contribution >= 4 is 39.3 Å². The molecule has 0 aliphatic carbocycles. The van der Waals surface area contributed by atoms with Gasteiger partial charge in [-0.1, -0.05) is 19.4 Å². The summed E-state index contributed by atoms with van der Waals surface area (Å²) >= 11 is 0. The van der Waals surface area contributed by atoms with Gasteiger partial charge in [0.15, 0.2) is 11.5 Å². The van der Waals surface area contributed by atoms with Crippen molar-refractivity contribution in [1.82, 2.24) is 35.0 Å². The number of benzene rings is 1. The van der Waals surface area contributed by atoms with E-state index in [4.69, 9.17) is 9.97 Å². The molecule has 0 saturated carbocycles. The van der Waals surface area contributed by atoms with Crippen LogP contribution in [-0.2, 0) is 4.79 Å². The lowest BCUT2D eigenvalue weighted by Crippen LogP contribution is -2.44. The van der Waals surface area contributed by atoms with Gasteiger partial charge < -0.3 is 20.1 Å². The van der Waals surface area contributed by atoms with Gasteiger partial charge in [-0.3, -0.25) is 14.9 Å². The van der Waals surface area contributed by atoms with Crippen LogP contribution < -0.4 is 10.2 Å². The molecule has 10 nitrogen and oxygen atoms in total. The van der Waals surface area contributed by atoms with E-state index in [9.17, 15) is 4.79 Å². The second-order valence-corrected chi connectivity index (χ2v) is 9.83. The predicted molar refractivity (Wildman–Crippen MR) is 150 cm³/mol. The zero-order valence-electron chi connectivity index (χ0n) is 21.7. The molecule has 0 atom stereocenters. The highest BCUT2D eigenvalue weighted by molar-refractivity contribution is 5.95. The summed E-state index contributed by atoms with van der Waals surface area (Å²) in [7, 11) is 2.16. The van der Waals surface area contributed by atoms with Crippen molar-refractivity contribution in [3.8, 4) is 22.8 Å². The molecular weight excluding hydrogens is 478 g/mol. The fourth-order valence-electron chi connectivity index (χ4n) is 4.87. The van der Waals surface area contributed by atoms with Crippen LogP contribution in [0, 0.1) is 0 Å². The molecule has 38 heavy (non-hydrogen) atoms. The SMILES string of the molecule is CCCCC(=O)Nc1cncc(-c2ccc3[nH]nc(-c4nc5c(N6CCN(C)CC6)cccc5[nH]4)c3n2)c1. The minimum absolute atomic E-state index is 0.00726. The van der Waals surface area contributed by atoms with E-state index in [1.54, 1.807) is 12.4 Å². The average Bonchev–Trinajstić information content (AvgIpc) is 3.56. The first kappa shape index (κ1) is 24.1. The molecule has 0 radical (unpaired) electrons. The van der Waals surface area contributed by atoms with Gasteiger partial charge in [0.2, 0.25) is 5.91 Å².